The molecule has 0 fully saturated rings. The zero-order valence-corrected chi connectivity index (χ0v) is 20.9. The predicted octanol–water partition coefficient (Wildman–Crippen LogP) is 4.43. The Morgan fingerprint density at radius 1 is 1.18 bits per heavy atom. The van der Waals surface area contributed by atoms with Gasteiger partial charge in [-0.1, -0.05) is 32.9 Å². The molecule has 1 aromatic rings. The van der Waals surface area contributed by atoms with E-state index in [2.05, 4.69) is 5.32 Å². The van der Waals surface area contributed by atoms with Crippen LogP contribution in [0.4, 0.5) is 0 Å². The van der Waals surface area contributed by atoms with Crippen molar-refractivity contribution in [3.63, 3.8) is 0 Å². The summed E-state index contributed by atoms with van der Waals surface area (Å²) in [6.07, 6.45) is 1.80. The Labute approximate surface area is 201 Å². The lowest BCUT2D eigenvalue weighted by molar-refractivity contribution is -0.151. The molecule has 0 radical (unpaired) electrons. The Hall–Kier alpha value is -3.09. The highest BCUT2D eigenvalue weighted by molar-refractivity contribution is 6.12. The lowest BCUT2D eigenvalue weighted by Gasteiger charge is -2.38. The molecule has 1 aromatic carbocycles. The second-order valence-corrected chi connectivity index (χ2v) is 9.08. The Balaban J connectivity index is 2.11. The van der Waals surface area contributed by atoms with Gasteiger partial charge >= 0.3 is 11.9 Å². The quantitative estimate of drug-likeness (QED) is 0.445. The number of rotatable bonds is 8. The number of nitrogens with one attached hydrogen (secondary N) is 1. The molecule has 4 atom stereocenters. The number of dihydropyridines is 1. The van der Waals surface area contributed by atoms with Gasteiger partial charge in [-0.05, 0) is 56.7 Å². The van der Waals surface area contributed by atoms with E-state index in [9.17, 15) is 14.4 Å². The number of hydrogen-bond donors (Lipinski definition) is 1. The van der Waals surface area contributed by atoms with E-state index in [1.54, 1.807) is 0 Å². The first-order valence-electron chi connectivity index (χ1n) is 12.0. The second-order valence-electron chi connectivity index (χ2n) is 9.08. The monoisotopic (exact) mass is 469 g/mol. The molecule has 0 spiro atoms. The molecule has 0 aromatic heterocycles. The molecule has 0 bridgehead atoms. The molecule has 1 aliphatic carbocycles. The van der Waals surface area contributed by atoms with E-state index in [1.165, 1.54) is 7.11 Å². The smallest absolute Gasteiger partial charge is 0.337 e. The summed E-state index contributed by atoms with van der Waals surface area (Å²) in [5.74, 6) is -2.41. The molecule has 7 heteroatoms. The predicted molar refractivity (Wildman–Crippen MR) is 128 cm³/mol. The van der Waals surface area contributed by atoms with Gasteiger partial charge in [0.05, 0.1) is 25.4 Å². The van der Waals surface area contributed by atoms with Crippen LogP contribution < -0.4 is 10.1 Å². The summed E-state index contributed by atoms with van der Waals surface area (Å²) in [4.78, 5) is 39.5. The van der Waals surface area contributed by atoms with Gasteiger partial charge in [0.25, 0.3) is 0 Å². The molecule has 184 valence electrons. The summed E-state index contributed by atoms with van der Waals surface area (Å²) in [6, 6.07) is 7.42. The first kappa shape index (κ1) is 25.5. The average Bonchev–Trinajstić information content (AvgIpc) is 2.81. The van der Waals surface area contributed by atoms with Crippen LogP contribution in [0, 0.1) is 11.8 Å². The molecule has 0 unspecified atom stereocenters. The van der Waals surface area contributed by atoms with E-state index in [0.717, 1.165) is 17.7 Å². The number of methoxy groups -OCH3 is 1. The minimum Gasteiger partial charge on any atom is -0.494 e. The van der Waals surface area contributed by atoms with Crippen LogP contribution in [0.25, 0.3) is 0 Å². The Morgan fingerprint density at radius 3 is 2.44 bits per heavy atom. The second kappa shape index (κ2) is 10.9. The Morgan fingerprint density at radius 2 is 1.85 bits per heavy atom. The van der Waals surface area contributed by atoms with Crippen molar-refractivity contribution in [3.05, 3.63) is 52.4 Å². The number of hydrogen-bond acceptors (Lipinski definition) is 7. The van der Waals surface area contributed by atoms with Gasteiger partial charge in [-0.3, -0.25) is 9.59 Å². The zero-order chi connectivity index (χ0) is 25.0. The van der Waals surface area contributed by atoms with Crippen molar-refractivity contribution in [2.24, 2.45) is 11.8 Å². The summed E-state index contributed by atoms with van der Waals surface area (Å²) >= 11 is 0. The number of Topliss-reactive ketones (excluding diaryl/α,β-unsaturated/α-hetero) is 1. The molecule has 1 aliphatic heterocycles. The fourth-order valence-electron chi connectivity index (χ4n) is 4.59. The van der Waals surface area contributed by atoms with E-state index in [4.69, 9.17) is 14.2 Å². The molecule has 3 rings (SSSR count). The first-order valence-corrected chi connectivity index (χ1v) is 12.0. The highest BCUT2D eigenvalue weighted by Gasteiger charge is 2.47. The van der Waals surface area contributed by atoms with Gasteiger partial charge in [0.15, 0.2) is 5.78 Å². The topological polar surface area (TPSA) is 90.9 Å². The maximum absolute atomic E-state index is 13.7. The fraction of sp³-hybridized carbons (Fsp3) is 0.519. The molecular weight excluding hydrogens is 434 g/mol. The van der Waals surface area contributed by atoms with Crippen molar-refractivity contribution in [2.45, 2.75) is 65.9 Å². The summed E-state index contributed by atoms with van der Waals surface area (Å²) in [6.45, 7) is 10.1. The molecule has 0 saturated heterocycles. The number of benzene rings is 1. The zero-order valence-electron chi connectivity index (χ0n) is 20.9. The molecule has 0 saturated carbocycles. The largest absolute Gasteiger partial charge is 0.494 e. The Kier molecular flexibility index (Phi) is 8.18. The van der Waals surface area contributed by atoms with Gasteiger partial charge in [0, 0.05) is 22.9 Å². The normalized spacial score (nSPS) is 23.1. The molecule has 0 amide bonds. The minimum atomic E-state index is -0.912. The maximum atomic E-state index is 13.7. The van der Waals surface area contributed by atoms with E-state index >= 15 is 0 Å². The van der Waals surface area contributed by atoms with E-state index in [-0.39, 0.29) is 17.8 Å². The van der Waals surface area contributed by atoms with Gasteiger partial charge in [0.1, 0.15) is 11.7 Å². The van der Waals surface area contributed by atoms with Crippen molar-refractivity contribution in [1.82, 2.24) is 5.32 Å². The lowest BCUT2D eigenvalue weighted by Crippen LogP contribution is -2.43. The van der Waals surface area contributed by atoms with Crippen molar-refractivity contribution < 1.29 is 28.6 Å². The van der Waals surface area contributed by atoms with Crippen LogP contribution >= 0.6 is 0 Å². The number of carbonyl (C=O) groups is 3. The van der Waals surface area contributed by atoms with Crippen molar-refractivity contribution in [2.75, 3.05) is 13.7 Å². The molecule has 2 aliphatic rings. The highest BCUT2D eigenvalue weighted by Crippen LogP contribution is 2.45. The van der Waals surface area contributed by atoms with Crippen molar-refractivity contribution in [3.8, 4) is 5.75 Å². The van der Waals surface area contributed by atoms with Crippen LogP contribution in [0.2, 0.25) is 0 Å². The van der Waals surface area contributed by atoms with Crippen LogP contribution in [0.15, 0.2) is 46.8 Å². The number of ketones is 1. The van der Waals surface area contributed by atoms with Crippen LogP contribution in [0.3, 0.4) is 0 Å². The number of allylic oxidation sites excluding steroid dienone is 3. The van der Waals surface area contributed by atoms with Crippen LogP contribution in [-0.2, 0) is 23.9 Å². The number of ether oxygens (including phenoxy) is 3. The molecule has 1 N–H and O–H groups in total. The standard InChI is InChI=1S/C27H35NO6/c1-7-13-33-19-11-9-18(10-12-19)23-22(27(31)34-16(4)8-2)17(5)28-20-14-15(3)21(26(30)32-6)25(29)24(20)23/h9-12,15-16,21,23,28H,7-8,13-14H2,1-6H3/t15-,16-,21-,23+/m0/s1. The van der Waals surface area contributed by atoms with Crippen molar-refractivity contribution in [1.29, 1.82) is 0 Å². The molecular formula is C27H35NO6. The van der Waals surface area contributed by atoms with Gasteiger partial charge < -0.3 is 19.5 Å². The van der Waals surface area contributed by atoms with Gasteiger partial charge in [-0.15, -0.1) is 0 Å². The van der Waals surface area contributed by atoms with Gasteiger partial charge in [0.2, 0.25) is 0 Å². The number of carbonyl (C=O) groups excluding carboxylic acids is 3. The number of esters is 2. The van der Waals surface area contributed by atoms with Crippen LogP contribution in [-0.4, -0.2) is 37.5 Å². The first-order chi connectivity index (χ1) is 16.2. The minimum absolute atomic E-state index is 0.224. The average molecular weight is 470 g/mol. The third-order valence-corrected chi connectivity index (χ3v) is 6.53. The molecule has 34 heavy (non-hydrogen) atoms. The van der Waals surface area contributed by atoms with E-state index < -0.39 is 23.8 Å². The Bertz CT molecular complexity index is 1010. The summed E-state index contributed by atoms with van der Waals surface area (Å²) in [5.41, 5.74) is 2.97. The fourth-order valence-corrected chi connectivity index (χ4v) is 4.59. The van der Waals surface area contributed by atoms with E-state index in [1.807, 2.05) is 58.9 Å². The SMILES string of the molecule is CCCOc1ccc([C@@H]2C(C(=O)O[C@@H](C)CC)=C(C)NC3=C2C(=O)[C@@H](C(=O)OC)[C@@H](C)C3)cc1. The third kappa shape index (κ3) is 5.03. The van der Waals surface area contributed by atoms with Crippen molar-refractivity contribution >= 4 is 17.7 Å². The van der Waals surface area contributed by atoms with Crippen LogP contribution in [0.1, 0.15) is 65.4 Å². The lowest BCUT2D eigenvalue weighted by atomic mass is 9.69. The molecule has 1 heterocycles. The maximum Gasteiger partial charge on any atom is 0.337 e. The highest BCUT2D eigenvalue weighted by atomic mass is 16.5. The molecule has 7 nitrogen and oxygen atoms in total. The van der Waals surface area contributed by atoms with Crippen LogP contribution in [0.5, 0.6) is 5.75 Å². The third-order valence-electron chi connectivity index (χ3n) is 6.53. The van der Waals surface area contributed by atoms with Gasteiger partial charge in [-0.25, -0.2) is 4.79 Å². The summed E-state index contributed by atoms with van der Waals surface area (Å²) in [5, 5.41) is 3.28. The van der Waals surface area contributed by atoms with E-state index in [0.29, 0.717) is 42.0 Å². The van der Waals surface area contributed by atoms with Gasteiger partial charge in [-0.2, -0.15) is 0 Å². The summed E-state index contributed by atoms with van der Waals surface area (Å²) in [7, 11) is 1.29. The summed E-state index contributed by atoms with van der Waals surface area (Å²) < 4.78 is 16.3.